The highest BCUT2D eigenvalue weighted by Crippen LogP contribution is 2.45. The SMILES string of the molecule is c1ccc(-c2ccc(N(c3ccc4cc5c(cc4c3)sc3ccccc35)c3cccc4c5ccccc5n(-c5ccccc5)c34)cc2)cc1. The second-order valence-corrected chi connectivity index (χ2v) is 13.7. The summed E-state index contributed by atoms with van der Waals surface area (Å²) in [5.41, 5.74) is 9.30. The number of fused-ring (bicyclic) bond motifs is 7. The Hall–Kier alpha value is -6.16. The lowest BCUT2D eigenvalue weighted by Crippen LogP contribution is -2.11. The summed E-state index contributed by atoms with van der Waals surface area (Å²) in [5.74, 6) is 0. The molecule has 0 aliphatic heterocycles. The number of thiophene rings is 1. The van der Waals surface area contributed by atoms with Crippen LogP contribution in [0.2, 0.25) is 0 Å². The van der Waals surface area contributed by atoms with Crippen molar-refractivity contribution in [3.05, 3.63) is 182 Å². The van der Waals surface area contributed by atoms with E-state index < -0.39 is 0 Å². The number of para-hydroxylation sites is 3. The predicted octanol–water partition coefficient (Wildman–Crippen LogP) is 13.4. The summed E-state index contributed by atoms with van der Waals surface area (Å²) in [6.07, 6.45) is 0. The van der Waals surface area contributed by atoms with Gasteiger partial charge in [-0.1, -0.05) is 115 Å². The minimum atomic E-state index is 1.11. The molecule has 49 heavy (non-hydrogen) atoms. The third-order valence-corrected chi connectivity index (χ3v) is 10.9. The second kappa shape index (κ2) is 11.2. The Bertz CT molecular complexity index is 2810. The van der Waals surface area contributed by atoms with Gasteiger partial charge in [0.05, 0.1) is 16.7 Å². The molecule has 2 heterocycles. The van der Waals surface area contributed by atoms with Gasteiger partial charge in [0.2, 0.25) is 0 Å². The lowest BCUT2D eigenvalue weighted by atomic mass is 10.0. The van der Waals surface area contributed by atoms with Gasteiger partial charge in [-0.2, -0.15) is 0 Å². The molecule has 10 aromatic rings. The molecule has 0 radical (unpaired) electrons. The van der Waals surface area contributed by atoms with Gasteiger partial charge >= 0.3 is 0 Å². The van der Waals surface area contributed by atoms with Crippen LogP contribution in [-0.4, -0.2) is 4.57 Å². The first kappa shape index (κ1) is 27.9. The van der Waals surface area contributed by atoms with Gasteiger partial charge in [-0.25, -0.2) is 0 Å². The minimum Gasteiger partial charge on any atom is -0.308 e. The van der Waals surface area contributed by atoms with Gasteiger partial charge in [0, 0.05) is 48.0 Å². The number of nitrogens with zero attached hydrogens (tertiary/aromatic N) is 2. The van der Waals surface area contributed by atoms with Crippen molar-refractivity contribution in [1.82, 2.24) is 4.57 Å². The molecular weight excluding hydrogens is 613 g/mol. The van der Waals surface area contributed by atoms with E-state index in [4.69, 9.17) is 0 Å². The van der Waals surface area contributed by atoms with Crippen LogP contribution in [0.1, 0.15) is 0 Å². The van der Waals surface area contributed by atoms with E-state index in [1.807, 2.05) is 11.3 Å². The first-order valence-corrected chi connectivity index (χ1v) is 17.5. The highest BCUT2D eigenvalue weighted by atomic mass is 32.1. The van der Waals surface area contributed by atoms with Gasteiger partial charge in [0.25, 0.3) is 0 Å². The molecule has 0 N–H and O–H groups in total. The van der Waals surface area contributed by atoms with Gasteiger partial charge in [0.15, 0.2) is 0 Å². The molecule has 2 aromatic heterocycles. The fraction of sp³-hybridized carbons (Fsp3) is 0. The molecule has 0 saturated heterocycles. The van der Waals surface area contributed by atoms with Crippen LogP contribution in [0.15, 0.2) is 182 Å². The van der Waals surface area contributed by atoms with Crippen LogP contribution >= 0.6 is 11.3 Å². The van der Waals surface area contributed by atoms with Crippen LogP contribution in [0.5, 0.6) is 0 Å². The summed E-state index contributed by atoms with van der Waals surface area (Å²) >= 11 is 1.87. The fourth-order valence-corrected chi connectivity index (χ4v) is 8.62. The van der Waals surface area contributed by atoms with E-state index in [1.54, 1.807) is 0 Å². The van der Waals surface area contributed by atoms with Crippen molar-refractivity contribution in [3.63, 3.8) is 0 Å². The topological polar surface area (TPSA) is 8.17 Å². The van der Waals surface area contributed by atoms with Gasteiger partial charge in [0.1, 0.15) is 0 Å². The quantitative estimate of drug-likeness (QED) is 0.181. The molecule has 8 aromatic carbocycles. The summed E-state index contributed by atoms with van der Waals surface area (Å²) in [6, 6.07) is 66.2. The van der Waals surface area contributed by atoms with Gasteiger partial charge < -0.3 is 9.47 Å². The van der Waals surface area contributed by atoms with E-state index in [9.17, 15) is 0 Å². The molecule has 2 nitrogen and oxygen atoms in total. The Kier molecular flexibility index (Phi) is 6.39. The van der Waals surface area contributed by atoms with Crippen molar-refractivity contribution in [1.29, 1.82) is 0 Å². The molecule has 0 spiro atoms. The Morgan fingerprint density at radius 2 is 1.08 bits per heavy atom. The highest BCUT2D eigenvalue weighted by molar-refractivity contribution is 7.25. The molecule has 0 bridgehead atoms. The number of aromatic nitrogens is 1. The van der Waals surface area contributed by atoms with E-state index in [0.29, 0.717) is 0 Å². The van der Waals surface area contributed by atoms with Crippen LogP contribution in [0.3, 0.4) is 0 Å². The zero-order chi connectivity index (χ0) is 32.3. The molecule has 0 amide bonds. The van der Waals surface area contributed by atoms with Gasteiger partial charge in [-0.05, 0) is 88.6 Å². The van der Waals surface area contributed by atoms with Crippen LogP contribution in [0, 0.1) is 0 Å². The lowest BCUT2D eigenvalue weighted by Gasteiger charge is -2.27. The average Bonchev–Trinajstić information content (AvgIpc) is 3.71. The zero-order valence-electron chi connectivity index (χ0n) is 26.6. The molecule has 230 valence electrons. The fourth-order valence-electron chi connectivity index (χ4n) is 7.48. The Labute approximate surface area is 288 Å². The number of hydrogen-bond donors (Lipinski definition) is 0. The molecule has 0 aliphatic rings. The van der Waals surface area contributed by atoms with E-state index >= 15 is 0 Å². The Balaban J connectivity index is 1.24. The Morgan fingerprint density at radius 1 is 0.408 bits per heavy atom. The van der Waals surface area contributed by atoms with Crippen LogP contribution in [-0.2, 0) is 0 Å². The summed E-state index contributed by atoms with van der Waals surface area (Å²) in [4.78, 5) is 2.43. The minimum absolute atomic E-state index is 1.11. The number of hydrogen-bond acceptors (Lipinski definition) is 2. The Morgan fingerprint density at radius 3 is 1.92 bits per heavy atom. The normalized spacial score (nSPS) is 11.7. The molecule has 0 atom stereocenters. The first-order chi connectivity index (χ1) is 24.3. The number of rotatable bonds is 5. The summed E-state index contributed by atoms with van der Waals surface area (Å²) in [5, 5.41) is 7.61. The molecular formula is C46H30N2S. The van der Waals surface area contributed by atoms with Crippen molar-refractivity contribution in [2.75, 3.05) is 4.90 Å². The number of benzene rings is 8. The van der Waals surface area contributed by atoms with Crippen molar-refractivity contribution in [3.8, 4) is 16.8 Å². The molecule has 3 heteroatoms. The van der Waals surface area contributed by atoms with Gasteiger partial charge in [-0.3, -0.25) is 0 Å². The molecule has 0 unspecified atom stereocenters. The lowest BCUT2D eigenvalue weighted by molar-refractivity contribution is 1.17. The van der Waals surface area contributed by atoms with E-state index in [2.05, 4.69) is 191 Å². The summed E-state index contributed by atoms with van der Waals surface area (Å²) < 4.78 is 5.07. The van der Waals surface area contributed by atoms with Crippen molar-refractivity contribution in [2.45, 2.75) is 0 Å². The smallest absolute Gasteiger partial charge is 0.0782 e. The summed E-state index contributed by atoms with van der Waals surface area (Å²) in [7, 11) is 0. The van der Waals surface area contributed by atoms with E-state index in [-0.39, 0.29) is 0 Å². The number of anilines is 3. The van der Waals surface area contributed by atoms with Crippen LogP contribution in [0.25, 0.3) is 69.6 Å². The monoisotopic (exact) mass is 642 g/mol. The third kappa shape index (κ3) is 4.55. The zero-order valence-corrected chi connectivity index (χ0v) is 27.4. The third-order valence-electron chi connectivity index (χ3n) is 9.74. The summed E-state index contributed by atoms with van der Waals surface area (Å²) in [6.45, 7) is 0. The van der Waals surface area contributed by atoms with Crippen molar-refractivity contribution in [2.24, 2.45) is 0 Å². The van der Waals surface area contributed by atoms with Crippen molar-refractivity contribution >= 4 is 81.1 Å². The van der Waals surface area contributed by atoms with Crippen LogP contribution < -0.4 is 4.90 Å². The average molecular weight is 643 g/mol. The predicted molar refractivity (Wildman–Crippen MR) is 211 cm³/mol. The molecule has 10 rings (SSSR count). The van der Waals surface area contributed by atoms with Crippen molar-refractivity contribution < 1.29 is 0 Å². The largest absolute Gasteiger partial charge is 0.308 e. The maximum Gasteiger partial charge on any atom is 0.0782 e. The maximum absolute atomic E-state index is 2.43. The van der Waals surface area contributed by atoms with E-state index in [1.165, 1.54) is 63.9 Å². The molecule has 0 fully saturated rings. The van der Waals surface area contributed by atoms with Gasteiger partial charge in [-0.15, -0.1) is 11.3 Å². The van der Waals surface area contributed by atoms with Crippen LogP contribution in [0.4, 0.5) is 17.1 Å². The highest BCUT2D eigenvalue weighted by Gasteiger charge is 2.22. The van der Waals surface area contributed by atoms with E-state index in [0.717, 1.165) is 22.7 Å². The maximum atomic E-state index is 2.43. The molecule has 0 saturated carbocycles. The molecule has 0 aliphatic carbocycles. The standard InChI is InChI=1S/C46H30N2S/c1-3-12-31(13-4-1)32-22-25-36(26-23-32)47(37-27-24-33-29-41-39-17-8-10-21-44(39)49-45(41)30-34(33)28-37)43-20-11-18-40-38-16-7-9-19-42(38)48(46(40)43)35-14-5-2-6-15-35/h1-30H. The first-order valence-electron chi connectivity index (χ1n) is 16.7. The second-order valence-electron chi connectivity index (χ2n) is 12.6.